The summed E-state index contributed by atoms with van der Waals surface area (Å²) in [5.41, 5.74) is 9.82. The van der Waals surface area contributed by atoms with Crippen LogP contribution < -0.4 is 16.4 Å². The molecule has 1 aromatic heterocycles. The first kappa shape index (κ1) is 40.6. The van der Waals surface area contributed by atoms with E-state index in [9.17, 15) is 19.5 Å². The van der Waals surface area contributed by atoms with Gasteiger partial charge in [-0.3, -0.25) is 14.4 Å². The van der Waals surface area contributed by atoms with Crippen molar-refractivity contribution in [1.29, 1.82) is 0 Å². The number of carbonyl (C=O) groups excluding carboxylic acids is 3. The summed E-state index contributed by atoms with van der Waals surface area (Å²) >= 11 is 1.60. The summed E-state index contributed by atoms with van der Waals surface area (Å²) in [6.45, 7) is 8.92. The van der Waals surface area contributed by atoms with Crippen molar-refractivity contribution in [3.63, 3.8) is 0 Å². The first-order valence-corrected chi connectivity index (χ1v) is 19.6. The van der Waals surface area contributed by atoms with Crippen LogP contribution in [0.4, 0.5) is 0 Å². The Morgan fingerprint density at radius 1 is 0.918 bits per heavy atom. The number of likely N-dealkylation sites (tertiary alicyclic amines) is 1. The largest absolute Gasteiger partial charge is 0.391 e. The van der Waals surface area contributed by atoms with Gasteiger partial charge >= 0.3 is 0 Å². The van der Waals surface area contributed by atoms with Crippen molar-refractivity contribution in [2.24, 2.45) is 11.1 Å². The SMILES string of the molecule is Cc1ncsc1-c1ccc(CNC(=O)C2CC(O)CN2C(=O)C(NC(=O)CCCCCCCCCCCCCCCCN)C(C)(C)C)cc1. The van der Waals surface area contributed by atoms with Crippen molar-refractivity contribution in [2.75, 3.05) is 13.1 Å². The first-order chi connectivity index (χ1) is 23.5. The van der Waals surface area contributed by atoms with Crippen molar-refractivity contribution in [3.05, 3.63) is 41.0 Å². The quantitative estimate of drug-likeness (QED) is 0.0975. The lowest BCUT2D eigenvalue weighted by molar-refractivity contribution is -0.144. The number of β-amino-alcohol motifs (C(OH)–C–C–N with tert-alkyl or cyclic N) is 1. The molecule has 2 aromatic rings. The lowest BCUT2D eigenvalue weighted by Gasteiger charge is -2.35. The molecule has 0 saturated carbocycles. The molecule has 2 heterocycles. The maximum absolute atomic E-state index is 13.9. The Kier molecular flexibility index (Phi) is 17.7. The third kappa shape index (κ3) is 14.1. The Morgan fingerprint density at radius 2 is 1.47 bits per heavy atom. The Hall–Kier alpha value is -2.82. The van der Waals surface area contributed by atoms with Crippen molar-refractivity contribution >= 4 is 29.1 Å². The fourth-order valence-electron chi connectivity index (χ4n) is 6.56. The number of unbranched alkanes of at least 4 members (excludes halogenated alkanes) is 13. The molecule has 3 rings (SSSR count). The molecule has 3 unspecified atom stereocenters. The summed E-state index contributed by atoms with van der Waals surface area (Å²) < 4.78 is 0. The zero-order valence-corrected chi connectivity index (χ0v) is 31.4. The van der Waals surface area contributed by atoms with Crippen LogP contribution >= 0.6 is 11.3 Å². The molecule has 3 atom stereocenters. The molecule has 3 amide bonds. The van der Waals surface area contributed by atoms with E-state index in [1.165, 1.54) is 69.1 Å². The van der Waals surface area contributed by atoms with Crippen LogP contribution in [-0.4, -0.2) is 64.0 Å². The summed E-state index contributed by atoms with van der Waals surface area (Å²) in [5, 5.41) is 16.4. The molecular formula is C39H63N5O4S. The average molecular weight is 698 g/mol. The molecule has 0 radical (unpaired) electrons. The van der Waals surface area contributed by atoms with Crippen LogP contribution in [0.1, 0.15) is 135 Å². The van der Waals surface area contributed by atoms with Gasteiger partial charge in [-0.2, -0.15) is 0 Å². The normalized spacial score (nSPS) is 16.9. The molecule has 274 valence electrons. The minimum Gasteiger partial charge on any atom is -0.391 e. The number of thiazole rings is 1. The van der Waals surface area contributed by atoms with Crippen molar-refractivity contribution < 1.29 is 19.5 Å². The number of nitrogens with two attached hydrogens (primary N) is 1. The molecular weight excluding hydrogens is 635 g/mol. The number of carbonyl (C=O) groups is 3. The number of amides is 3. The highest BCUT2D eigenvalue weighted by molar-refractivity contribution is 7.13. The minimum absolute atomic E-state index is 0.0670. The van der Waals surface area contributed by atoms with Gasteiger partial charge in [-0.25, -0.2) is 4.98 Å². The molecule has 1 aromatic carbocycles. The van der Waals surface area contributed by atoms with Crippen molar-refractivity contribution in [2.45, 2.75) is 155 Å². The van der Waals surface area contributed by atoms with Crippen LogP contribution in [0.15, 0.2) is 29.8 Å². The molecule has 1 saturated heterocycles. The maximum Gasteiger partial charge on any atom is 0.246 e. The lowest BCUT2D eigenvalue weighted by Crippen LogP contribution is -2.57. The van der Waals surface area contributed by atoms with Crippen LogP contribution in [0.5, 0.6) is 0 Å². The topological polar surface area (TPSA) is 138 Å². The van der Waals surface area contributed by atoms with Gasteiger partial charge in [0.15, 0.2) is 0 Å². The second kappa shape index (κ2) is 21.4. The number of hydrogen-bond acceptors (Lipinski definition) is 7. The molecule has 9 nitrogen and oxygen atoms in total. The summed E-state index contributed by atoms with van der Waals surface area (Å²) in [4.78, 5) is 47.1. The predicted octanol–water partition coefficient (Wildman–Crippen LogP) is 7.04. The summed E-state index contributed by atoms with van der Waals surface area (Å²) in [6.07, 6.45) is 16.8. The van der Waals surface area contributed by atoms with Crippen LogP contribution in [0.2, 0.25) is 0 Å². The van der Waals surface area contributed by atoms with Gasteiger partial charge in [0.1, 0.15) is 12.1 Å². The zero-order valence-electron chi connectivity index (χ0n) is 30.6. The van der Waals surface area contributed by atoms with Gasteiger partial charge in [-0.1, -0.05) is 122 Å². The molecule has 0 aliphatic carbocycles. The van der Waals surface area contributed by atoms with Crippen LogP contribution in [-0.2, 0) is 20.9 Å². The number of nitrogens with zero attached hydrogens (tertiary/aromatic N) is 2. The Bertz CT molecular complexity index is 1270. The average Bonchev–Trinajstić information content (AvgIpc) is 3.68. The number of rotatable bonds is 22. The Balaban J connectivity index is 1.38. The molecule has 5 N–H and O–H groups in total. The second-order valence-electron chi connectivity index (χ2n) is 14.9. The minimum atomic E-state index is -0.797. The highest BCUT2D eigenvalue weighted by atomic mass is 32.1. The lowest BCUT2D eigenvalue weighted by atomic mass is 9.85. The van der Waals surface area contributed by atoms with Gasteiger partial charge in [0.05, 0.1) is 22.2 Å². The number of nitrogens with one attached hydrogen (secondary N) is 2. The number of aromatic nitrogens is 1. The van der Waals surface area contributed by atoms with Crippen molar-refractivity contribution in [3.8, 4) is 10.4 Å². The summed E-state index contributed by atoms with van der Waals surface area (Å²) in [5.74, 6) is -0.775. The smallest absolute Gasteiger partial charge is 0.246 e. The Labute approximate surface area is 299 Å². The van der Waals surface area contributed by atoms with Gasteiger partial charge in [-0.05, 0) is 42.9 Å². The van der Waals surface area contributed by atoms with E-state index in [4.69, 9.17) is 5.73 Å². The monoisotopic (exact) mass is 697 g/mol. The van der Waals surface area contributed by atoms with E-state index in [2.05, 4.69) is 15.6 Å². The number of aliphatic hydroxyl groups excluding tert-OH is 1. The third-order valence-electron chi connectivity index (χ3n) is 9.57. The Morgan fingerprint density at radius 3 is 1.98 bits per heavy atom. The molecule has 0 bridgehead atoms. The number of benzene rings is 1. The van der Waals surface area contributed by atoms with Gasteiger partial charge in [-0.15, -0.1) is 11.3 Å². The standard InChI is InChI=1S/C39H63N5O4S/c1-29-35(49-28-42-29)31-22-20-30(21-23-31)26-41-37(47)33-25-32(45)27-44(33)38(48)36(39(2,3)4)43-34(46)19-17-15-13-11-9-7-5-6-8-10-12-14-16-18-24-40/h20-23,28,32-33,36,45H,5-19,24-27,40H2,1-4H3,(H,41,47)(H,43,46). The third-order valence-corrected chi connectivity index (χ3v) is 10.5. The summed E-state index contributed by atoms with van der Waals surface area (Å²) in [6, 6.07) is 6.39. The van der Waals surface area contributed by atoms with Gasteiger partial charge in [0.2, 0.25) is 17.7 Å². The van der Waals surface area contributed by atoms with E-state index < -0.39 is 23.6 Å². The molecule has 1 fully saturated rings. The van der Waals surface area contributed by atoms with Crippen LogP contribution in [0.3, 0.4) is 0 Å². The zero-order chi connectivity index (χ0) is 35.6. The number of aryl methyl sites for hydroxylation is 1. The number of aliphatic hydroxyl groups is 1. The van der Waals surface area contributed by atoms with Crippen LogP contribution in [0, 0.1) is 12.3 Å². The van der Waals surface area contributed by atoms with E-state index in [1.54, 1.807) is 11.3 Å². The van der Waals surface area contributed by atoms with Gasteiger partial charge in [0.25, 0.3) is 0 Å². The molecule has 1 aliphatic heterocycles. The molecule has 0 spiro atoms. The van der Waals surface area contributed by atoms with E-state index in [1.807, 2.05) is 57.5 Å². The predicted molar refractivity (Wildman–Crippen MR) is 200 cm³/mol. The molecule has 49 heavy (non-hydrogen) atoms. The van der Waals surface area contributed by atoms with Gasteiger partial charge in [0, 0.05) is 25.9 Å². The maximum atomic E-state index is 13.9. The van der Waals surface area contributed by atoms with Crippen LogP contribution in [0.25, 0.3) is 10.4 Å². The van der Waals surface area contributed by atoms with Crippen molar-refractivity contribution in [1.82, 2.24) is 20.5 Å². The van der Waals surface area contributed by atoms with E-state index in [0.717, 1.165) is 53.9 Å². The second-order valence-corrected chi connectivity index (χ2v) is 15.8. The highest BCUT2D eigenvalue weighted by Gasteiger charge is 2.44. The fraction of sp³-hybridized carbons (Fsp3) is 0.692. The first-order valence-electron chi connectivity index (χ1n) is 18.8. The van der Waals surface area contributed by atoms with E-state index in [0.29, 0.717) is 13.0 Å². The number of hydrogen-bond donors (Lipinski definition) is 4. The highest BCUT2D eigenvalue weighted by Crippen LogP contribution is 2.28. The van der Waals surface area contributed by atoms with E-state index in [-0.39, 0.29) is 30.7 Å². The summed E-state index contributed by atoms with van der Waals surface area (Å²) in [7, 11) is 0. The van der Waals surface area contributed by atoms with Gasteiger partial charge < -0.3 is 26.4 Å². The van der Waals surface area contributed by atoms with E-state index >= 15 is 0 Å². The fourth-order valence-corrected chi connectivity index (χ4v) is 7.38. The molecule has 1 aliphatic rings. The molecule has 10 heteroatoms.